The summed E-state index contributed by atoms with van der Waals surface area (Å²) in [5.74, 6) is -0.0667. The van der Waals surface area contributed by atoms with Crippen LogP contribution in [0.1, 0.15) is 10.4 Å². The molecule has 7 heteroatoms. The number of nitrogens with one attached hydrogen (secondary N) is 2. The van der Waals surface area contributed by atoms with Crippen molar-refractivity contribution in [2.24, 2.45) is 0 Å². The van der Waals surface area contributed by atoms with Gasteiger partial charge in [-0.3, -0.25) is 4.79 Å². The lowest BCUT2D eigenvalue weighted by Crippen LogP contribution is -2.25. The highest BCUT2D eigenvalue weighted by molar-refractivity contribution is 7.99. The lowest BCUT2D eigenvalue weighted by molar-refractivity contribution is 0.0955. The summed E-state index contributed by atoms with van der Waals surface area (Å²) in [5.41, 5.74) is 2.22. The number of amides is 1. The standard InChI is InChI=1S/C18H15ClFN3OS/c19-14-6-4-12(5-7-14)16-11-22-18(23-16)25-9-8-21-17(24)13-2-1-3-15(20)10-13/h1-7,10-11H,8-9H2,(H,21,24)(H,22,23). The second kappa shape index (κ2) is 8.18. The molecule has 0 aliphatic carbocycles. The Labute approximate surface area is 153 Å². The number of hydrogen-bond donors (Lipinski definition) is 2. The summed E-state index contributed by atoms with van der Waals surface area (Å²) in [6, 6.07) is 13.1. The van der Waals surface area contributed by atoms with E-state index < -0.39 is 5.82 Å². The fourth-order valence-electron chi connectivity index (χ4n) is 2.20. The van der Waals surface area contributed by atoms with Gasteiger partial charge in [0, 0.05) is 22.9 Å². The Bertz CT molecular complexity index is 867. The first-order chi connectivity index (χ1) is 12.1. The Morgan fingerprint density at radius 2 is 2.04 bits per heavy atom. The SMILES string of the molecule is O=C(NCCSc1ncc(-c2ccc(Cl)cc2)[nH]1)c1cccc(F)c1. The molecule has 25 heavy (non-hydrogen) atoms. The van der Waals surface area contributed by atoms with Gasteiger partial charge >= 0.3 is 0 Å². The van der Waals surface area contributed by atoms with Gasteiger partial charge in [-0.15, -0.1) is 0 Å². The van der Waals surface area contributed by atoms with Crippen molar-refractivity contribution in [1.29, 1.82) is 0 Å². The van der Waals surface area contributed by atoms with Gasteiger partial charge in [-0.1, -0.05) is 41.6 Å². The zero-order valence-corrected chi connectivity index (χ0v) is 14.7. The van der Waals surface area contributed by atoms with Crippen molar-refractivity contribution in [1.82, 2.24) is 15.3 Å². The van der Waals surface area contributed by atoms with Gasteiger partial charge in [-0.2, -0.15) is 0 Å². The highest BCUT2D eigenvalue weighted by Crippen LogP contribution is 2.22. The molecule has 0 radical (unpaired) electrons. The molecule has 0 aliphatic rings. The Morgan fingerprint density at radius 1 is 1.24 bits per heavy atom. The molecule has 1 aromatic heterocycles. The summed E-state index contributed by atoms with van der Waals surface area (Å²) in [7, 11) is 0. The summed E-state index contributed by atoms with van der Waals surface area (Å²) >= 11 is 7.38. The summed E-state index contributed by atoms with van der Waals surface area (Å²) < 4.78 is 13.1. The minimum atomic E-state index is -0.424. The number of H-pyrrole nitrogens is 1. The zero-order chi connectivity index (χ0) is 17.6. The average molecular weight is 376 g/mol. The van der Waals surface area contributed by atoms with E-state index in [-0.39, 0.29) is 5.91 Å². The maximum absolute atomic E-state index is 13.1. The molecule has 3 aromatic rings. The molecule has 0 saturated carbocycles. The fraction of sp³-hybridized carbons (Fsp3) is 0.111. The van der Waals surface area contributed by atoms with Gasteiger partial charge in [0.1, 0.15) is 5.82 Å². The maximum Gasteiger partial charge on any atom is 0.251 e. The van der Waals surface area contributed by atoms with Gasteiger partial charge in [0.15, 0.2) is 5.16 Å². The van der Waals surface area contributed by atoms with Crippen LogP contribution in [0.15, 0.2) is 59.9 Å². The first kappa shape index (κ1) is 17.5. The number of hydrogen-bond acceptors (Lipinski definition) is 3. The number of aromatic amines is 1. The number of nitrogens with zero attached hydrogens (tertiary/aromatic N) is 1. The molecule has 4 nitrogen and oxygen atoms in total. The van der Waals surface area contributed by atoms with E-state index >= 15 is 0 Å². The highest BCUT2D eigenvalue weighted by atomic mass is 35.5. The number of carbonyl (C=O) groups excluding carboxylic acids is 1. The molecule has 128 valence electrons. The van der Waals surface area contributed by atoms with Gasteiger partial charge in [-0.25, -0.2) is 9.37 Å². The summed E-state index contributed by atoms with van der Waals surface area (Å²) in [6.45, 7) is 0.455. The minimum Gasteiger partial charge on any atom is -0.351 e. The molecule has 0 spiro atoms. The summed E-state index contributed by atoms with van der Waals surface area (Å²) in [4.78, 5) is 19.4. The number of benzene rings is 2. The molecule has 1 heterocycles. The molecule has 3 rings (SSSR count). The normalized spacial score (nSPS) is 10.6. The number of rotatable bonds is 6. The van der Waals surface area contributed by atoms with Crippen LogP contribution in [0, 0.1) is 5.82 Å². The van der Waals surface area contributed by atoms with E-state index in [1.165, 1.54) is 30.0 Å². The molecular weight excluding hydrogens is 361 g/mol. The first-order valence-electron chi connectivity index (χ1n) is 7.59. The first-order valence-corrected chi connectivity index (χ1v) is 8.96. The number of halogens is 2. The third-order valence-corrected chi connectivity index (χ3v) is 4.56. The molecule has 0 saturated heterocycles. The molecule has 0 aliphatic heterocycles. The van der Waals surface area contributed by atoms with Crippen molar-refractivity contribution in [2.45, 2.75) is 5.16 Å². The molecule has 0 fully saturated rings. The molecule has 2 N–H and O–H groups in total. The van der Waals surface area contributed by atoms with E-state index in [1.54, 1.807) is 12.3 Å². The molecular formula is C18H15ClFN3OS. The number of imidazole rings is 1. The number of aromatic nitrogens is 2. The summed E-state index contributed by atoms with van der Waals surface area (Å²) in [6.07, 6.45) is 1.76. The van der Waals surface area contributed by atoms with E-state index in [0.717, 1.165) is 16.4 Å². The lowest BCUT2D eigenvalue weighted by atomic mass is 10.2. The summed E-state index contributed by atoms with van der Waals surface area (Å²) in [5, 5.41) is 4.21. The van der Waals surface area contributed by atoms with E-state index in [2.05, 4.69) is 15.3 Å². The van der Waals surface area contributed by atoms with E-state index in [1.807, 2.05) is 24.3 Å². The third-order valence-electron chi connectivity index (χ3n) is 3.42. The van der Waals surface area contributed by atoms with Crippen molar-refractivity contribution in [3.05, 3.63) is 71.1 Å². The van der Waals surface area contributed by atoms with Crippen molar-refractivity contribution in [3.8, 4) is 11.3 Å². The Kier molecular flexibility index (Phi) is 5.73. The number of carbonyl (C=O) groups is 1. The minimum absolute atomic E-state index is 0.290. The van der Waals surface area contributed by atoms with Crippen LogP contribution < -0.4 is 5.32 Å². The van der Waals surface area contributed by atoms with Crippen LogP contribution in [0.25, 0.3) is 11.3 Å². The van der Waals surface area contributed by atoms with Crippen LogP contribution >= 0.6 is 23.4 Å². The molecule has 0 atom stereocenters. The molecule has 0 unspecified atom stereocenters. The third kappa shape index (κ3) is 4.84. The Morgan fingerprint density at radius 3 is 2.80 bits per heavy atom. The van der Waals surface area contributed by atoms with Crippen molar-refractivity contribution < 1.29 is 9.18 Å². The molecule has 1 amide bonds. The van der Waals surface area contributed by atoms with Crippen LogP contribution in [0.4, 0.5) is 4.39 Å². The van der Waals surface area contributed by atoms with Gasteiger partial charge in [0.25, 0.3) is 5.91 Å². The van der Waals surface area contributed by atoms with Crippen LogP contribution in [-0.2, 0) is 0 Å². The Hall–Kier alpha value is -2.31. The molecule has 0 bridgehead atoms. The quantitative estimate of drug-likeness (QED) is 0.496. The Balaban J connectivity index is 1.48. The highest BCUT2D eigenvalue weighted by Gasteiger charge is 2.07. The van der Waals surface area contributed by atoms with Gasteiger partial charge < -0.3 is 10.3 Å². The molecule has 2 aromatic carbocycles. The lowest BCUT2D eigenvalue weighted by Gasteiger charge is -2.04. The smallest absolute Gasteiger partial charge is 0.251 e. The van der Waals surface area contributed by atoms with Crippen LogP contribution in [0.5, 0.6) is 0 Å². The van der Waals surface area contributed by atoms with Crippen molar-refractivity contribution in [3.63, 3.8) is 0 Å². The largest absolute Gasteiger partial charge is 0.351 e. The van der Waals surface area contributed by atoms with E-state index in [0.29, 0.717) is 22.9 Å². The second-order valence-electron chi connectivity index (χ2n) is 5.22. The predicted octanol–water partition coefficient (Wildman–Crippen LogP) is 4.39. The number of thioether (sulfide) groups is 1. The van der Waals surface area contributed by atoms with Crippen LogP contribution in [0.2, 0.25) is 5.02 Å². The van der Waals surface area contributed by atoms with E-state index in [9.17, 15) is 9.18 Å². The average Bonchev–Trinajstić information content (AvgIpc) is 3.08. The monoisotopic (exact) mass is 375 g/mol. The van der Waals surface area contributed by atoms with Crippen molar-refractivity contribution >= 4 is 29.3 Å². The topological polar surface area (TPSA) is 57.8 Å². The van der Waals surface area contributed by atoms with Crippen LogP contribution in [-0.4, -0.2) is 28.2 Å². The van der Waals surface area contributed by atoms with Crippen molar-refractivity contribution in [2.75, 3.05) is 12.3 Å². The van der Waals surface area contributed by atoms with Gasteiger partial charge in [-0.05, 0) is 35.9 Å². The van der Waals surface area contributed by atoms with E-state index in [4.69, 9.17) is 11.6 Å². The van der Waals surface area contributed by atoms with Crippen LogP contribution in [0.3, 0.4) is 0 Å². The second-order valence-corrected chi connectivity index (χ2v) is 6.74. The predicted molar refractivity (Wildman–Crippen MR) is 98.5 cm³/mol. The maximum atomic E-state index is 13.1. The van der Waals surface area contributed by atoms with Gasteiger partial charge in [0.05, 0.1) is 11.9 Å². The fourth-order valence-corrected chi connectivity index (χ4v) is 3.03. The zero-order valence-electron chi connectivity index (χ0n) is 13.1. The van der Waals surface area contributed by atoms with Gasteiger partial charge in [0.2, 0.25) is 0 Å².